The van der Waals surface area contributed by atoms with Crippen LogP contribution in [0.15, 0.2) is 71.9 Å². The van der Waals surface area contributed by atoms with Gasteiger partial charge in [0.05, 0.1) is 5.56 Å². The zero-order valence-corrected chi connectivity index (χ0v) is 17.6. The van der Waals surface area contributed by atoms with E-state index in [0.717, 1.165) is 23.0 Å². The second kappa shape index (κ2) is 9.01. The minimum Gasteiger partial charge on any atom is -0.486 e. The van der Waals surface area contributed by atoms with Gasteiger partial charge in [-0.05, 0) is 41.5 Å². The molecular formula is C23H20F3N3OS. The third-order valence-electron chi connectivity index (χ3n) is 4.88. The van der Waals surface area contributed by atoms with Gasteiger partial charge in [-0.2, -0.15) is 13.2 Å². The van der Waals surface area contributed by atoms with E-state index < -0.39 is 11.7 Å². The summed E-state index contributed by atoms with van der Waals surface area (Å²) in [6, 6.07) is 19.3. The molecule has 0 atom stereocenters. The molecular weight excluding hydrogens is 423 g/mol. The Labute approximate surface area is 182 Å². The first-order chi connectivity index (χ1) is 15.0. The normalized spacial score (nSPS) is 11.7. The van der Waals surface area contributed by atoms with Crippen LogP contribution in [0.1, 0.15) is 23.9 Å². The molecule has 0 aliphatic heterocycles. The van der Waals surface area contributed by atoms with Gasteiger partial charge in [0.1, 0.15) is 12.4 Å². The molecule has 0 amide bonds. The lowest BCUT2D eigenvalue weighted by Crippen LogP contribution is -2.08. The molecule has 1 heterocycles. The summed E-state index contributed by atoms with van der Waals surface area (Å²) in [5.74, 6) is 1.44. The smallest absolute Gasteiger partial charge is 0.416 e. The van der Waals surface area contributed by atoms with E-state index in [4.69, 9.17) is 4.74 Å². The standard InChI is InChI=1S/C23H20F3N3OS/c1-2-29-21(14-30-19-11-6-10-18(13-19)23(24,25)26)27-28-22(29)31-15-17-9-5-8-16-7-3-4-12-20(16)17/h3-13H,2,14-15H2,1H3. The minimum absolute atomic E-state index is 0.0387. The van der Waals surface area contributed by atoms with E-state index in [1.165, 1.54) is 28.5 Å². The number of hydrogen-bond acceptors (Lipinski definition) is 4. The van der Waals surface area contributed by atoms with Crippen molar-refractivity contribution in [2.45, 2.75) is 37.2 Å². The average molecular weight is 443 g/mol. The van der Waals surface area contributed by atoms with Gasteiger partial charge in [0, 0.05) is 12.3 Å². The fourth-order valence-corrected chi connectivity index (χ4v) is 4.35. The first-order valence-corrected chi connectivity index (χ1v) is 10.8. The maximum atomic E-state index is 12.9. The van der Waals surface area contributed by atoms with Gasteiger partial charge in [-0.1, -0.05) is 60.3 Å². The van der Waals surface area contributed by atoms with Crippen LogP contribution in [0, 0.1) is 0 Å². The number of halogens is 3. The lowest BCUT2D eigenvalue weighted by Gasteiger charge is -2.11. The molecule has 0 bridgehead atoms. The molecule has 0 aliphatic carbocycles. The largest absolute Gasteiger partial charge is 0.486 e. The predicted molar refractivity (Wildman–Crippen MR) is 115 cm³/mol. The van der Waals surface area contributed by atoms with E-state index in [1.807, 2.05) is 29.7 Å². The van der Waals surface area contributed by atoms with Crippen LogP contribution in [0.3, 0.4) is 0 Å². The monoisotopic (exact) mass is 443 g/mol. The number of ether oxygens (including phenoxy) is 1. The summed E-state index contributed by atoms with van der Waals surface area (Å²) in [4.78, 5) is 0. The number of fused-ring (bicyclic) bond motifs is 1. The minimum atomic E-state index is -4.41. The highest BCUT2D eigenvalue weighted by Crippen LogP contribution is 2.32. The topological polar surface area (TPSA) is 39.9 Å². The quantitative estimate of drug-likeness (QED) is 0.313. The third-order valence-corrected chi connectivity index (χ3v) is 5.89. The van der Waals surface area contributed by atoms with Crippen molar-refractivity contribution in [2.75, 3.05) is 0 Å². The molecule has 3 aromatic carbocycles. The zero-order chi connectivity index (χ0) is 21.8. The Morgan fingerprint density at radius 2 is 1.74 bits per heavy atom. The van der Waals surface area contributed by atoms with Gasteiger partial charge in [0.2, 0.25) is 0 Å². The van der Waals surface area contributed by atoms with E-state index in [-0.39, 0.29) is 12.4 Å². The summed E-state index contributed by atoms with van der Waals surface area (Å²) in [5, 5.41) is 11.6. The van der Waals surface area contributed by atoms with Crippen molar-refractivity contribution in [2.24, 2.45) is 0 Å². The van der Waals surface area contributed by atoms with Crippen molar-refractivity contribution < 1.29 is 17.9 Å². The van der Waals surface area contributed by atoms with Crippen molar-refractivity contribution in [3.8, 4) is 5.75 Å². The van der Waals surface area contributed by atoms with Crippen LogP contribution >= 0.6 is 11.8 Å². The Morgan fingerprint density at radius 3 is 2.55 bits per heavy atom. The van der Waals surface area contributed by atoms with Crippen LogP contribution in [0.25, 0.3) is 10.8 Å². The Balaban J connectivity index is 1.46. The highest BCUT2D eigenvalue weighted by Gasteiger charge is 2.30. The lowest BCUT2D eigenvalue weighted by atomic mass is 10.1. The van der Waals surface area contributed by atoms with E-state index in [2.05, 4.69) is 34.5 Å². The Hall–Kier alpha value is -3.00. The Bertz CT molecular complexity index is 1180. The van der Waals surface area contributed by atoms with E-state index in [1.54, 1.807) is 11.8 Å². The maximum Gasteiger partial charge on any atom is 0.416 e. The van der Waals surface area contributed by atoms with E-state index in [9.17, 15) is 13.2 Å². The molecule has 0 spiro atoms. The van der Waals surface area contributed by atoms with Gasteiger partial charge < -0.3 is 9.30 Å². The fraction of sp³-hybridized carbons (Fsp3) is 0.217. The van der Waals surface area contributed by atoms with Crippen molar-refractivity contribution in [1.82, 2.24) is 14.8 Å². The maximum absolute atomic E-state index is 12.9. The highest BCUT2D eigenvalue weighted by molar-refractivity contribution is 7.98. The molecule has 4 rings (SSSR count). The summed E-state index contributed by atoms with van der Waals surface area (Å²) in [6.45, 7) is 2.64. The average Bonchev–Trinajstić information content (AvgIpc) is 3.17. The fourth-order valence-electron chi connectivity index (χ4n) is 3.32. The number of aromatic nitrogens is 3. The highest BCUT2D eigenvalue weighted by atomic mass is 32.2. The van der Waals surface area contributed by atoms with Crippen LogP contribution in [0.5, 0.6) is 5.75 Å². The lowest BCUT2D eigenvalue weighted by molar-refractivity contribution is -0.137. The molecule has 0 saturated heterocycles. The number of benzene rings is 3. The summed E-state index contributed by atoms with van der Waals surface area (Å²) < 4.78 is 46.2. The second-order valence-corrected chi connectivity index (χ2v) is 7.83. The summed E-state index contributed by atoms with van der Waals surface area (Å²) in [7, 11) is 0. The molecule has 160 valence electrons. The van der Waals surface area contributed by atoms with Crippen molar-refractivity contribution in [1.29, 1.82) is 0 Å². The predicted octanol–water partition coefficient (Wildman–Crippen LogP) is 6.34. The first kappa shape index (κ1) is 21.2. The molecule has 1 aromatic heterocycles. The van der Waals surface area contributed by atoms with Gasteiger partial charge in [-0.25, -0.2) is 0 Å². The number of rotatable bonds is 7. The summed E-state index contributed by atoms with van der Waals surface area (Å²) >= 11 is 1.57. The van der Waals surface area contributed by atoms with Crippen LogP contribution < -0.4 is 4.74 Å². The summed E-state index contributed by atoms with van der Waals surface area (Å²) in [5.41, 5.74) is 0.462. The van der Waals surface area contributed by atoms with Gasteiger partial charge in [0.25, 0.3) is 0 Å². The van der Waals surface area contributed by atoms with E-state index in [0.29, 0.717) is 12.4 Å². The van der Waals surface area contributed by atoms with Crippen molar-refractivity contribution in [3.05, 3.63) is 83.7 Å². The van der Waals surface area contributed by atoms with Crippen molar-refractivity contribution in [3.63, 3.8) is 0 Å². The first-order valence-electron chi connectivity index (χ1n) is 9.77. The molecule has 4 aromatic rings. The number of thioether (sulfide) groups is 1. The second-order valence-electron chi connectivity index (χ2n) is 6.88. The molecule has 0 N–H and O–H groups in total. The molecule has 4 nitrogen and oxygen atoms in total. The van der Waals surface area contributed by atoms with Gasteiger partial charge >= 0.3 is 6.18 Å². The molecule has 8 heteroatoms. The van der Waals surface area contributed by atoms with Crippen LogP contribution in [-0.2, 0) is 25.1 Å². The molecule has 31 heavy (non-hydrogen) atoms. The van der Waals surface area contributed by atoms with Gasteiger partial charge in [-0.3, -0.25) is 0 Å². The van der Waals surface area contributed by atoms with Gasteiger partial charge in [0.15, 0.2) is 11.0 Å². The van der Waals surface area contributed by atoms with E-state index >= 15 is 0 Å². The molecule has 0 saturated carbocycles. The molecule has 0 fully saturated rings. The third kappa shape index (κ3) is 4.85. The number of hydrogen-bond donors (Lipinski definition) is 0. The molecule has 0 radical (unpaired) electrons. The van der Waals surface area contributed by atoms with Gasteiger partial charge in [-0.15, -0.1) is 10.2 Å². The number of alkyl halides is 3. The SMILES string of the molecule is CCn1c(COc2cccc(C(F)(F)F)c2)nnc1SCc1cccc2ccccc12. The van der Waals surface area contributed by atoms with Crippen LogP contribution in [-0.4, -0.2) is 14.8 Å². The zero-order valence-electron chi connectivity index (χ0n) is 16.8. The van der Waals surface area contributed by atoms with Crippen molar-refractivity contribution >= 4 is 22.5 Å². The molecule has 0 aliphatic rings. The van der Waals surface area contributed by atoms with Crippen LogP contribution in [0.4, 0.5) is 13.2 Å². The molecule has 0 unspecified atom stereocenters. The summed E-state index contributed by atoms with van der Waals surface area (Å²) in [6.07, 6.45) is -4.41. The Kier molecular flexibility index (Phi) is 6.18. The number of nitrogens with zero attached hydrogens (tertiary/aromatic N) is 3. The Morgan fingerprint density at radius 1 is 0.968 bits per heavy atom. The van der Waals surface area contributed by atoms with Crippen LogP contribution in [0.2, 0.25) is 0 Å².